The van der Waals surface area contributed by atoms with Gasteiger partial charge in [-0.3, -0.25) is 4.40 Å². The van der Waals surface area contributed by atoms with Crippen LogP contribution >= 0.6 is 0 Å². The molecule has 4 nitrogen and oxygen atoms in total. The number of pyridine rings is 1. The number of benzene rings is 1. The minimum atomic E-state index is -1.23. The SMILES string of the molecule is OC1=C(c2nc(-c3cc(F)ccc3O)n3ccccc23)C=CC(F)C1. The van der Waals surface area contributed by atoms with Crippen molar-refractivity contribution in [3.8, 4) is 17.1 Å². The number of aromatic hydroxyl groups is 1. The highest BCUT2D eigenvalue weighted by Gasteiger charge is 2.22. The Bertz CT molecular complexity index is 1040. The summed E-state index contributed by atoms with van der Waals surface area (Å²) in [5.41, 5.74) is 1.75. The first-order chi connectivity index (χ1) is 12.0. The fourth-order valence-corrected chi connectivity index (χ4v) is 2.99. The second-order valence-electron chi connectivity index (χ2n) is 5.84. The first-order valence-electron chi connectivity index (χ1n) is 7.75. The molecule has 2 aromatic heterocycles. The van der Waals surface area contributed by atoms with Crippen LogP contribution in [-0.4, -0.2) is 25.8 Å². The van der Waals surface area contributed by atoms with E-state index < -0.39 is 12.0 Å². The second kappa shape index (κ2) is 5.73. The maximum absolute atomic E-state index is 13.6. The third kappa shape index (κ3) is 2.55. The number of allylic oxidation sites excluding steroid dienone is 4. The predicted octanol–water partition coefficient (Wildman–Crippen LogP) is 4.41. The van der Waals surface area contributed by atoms with E-state index in [2.05, 4.69) is 4.98 Å². The number of nitrogens with zero attached hydrogens (tertiary/aromatic N) is 2. The highest BCUT2D eigenvalue weighted by molar-refractivity contribution is 5.86. The number of imidazole rings is 1. The Labute approximate surface area is 142 Å². The van der Waals surface area contributed by atoms with Gasteiger partial charge in [-0.15, -0.1) is 0 Å². The molecule has 126 valence electrons. The number of aliphatic hydroxyl groups is 1. The summed E-state index contributed by atoms with van der Waals surface area (Å²) in [4.78, 5) is 4.51. The molecule has 0 spiro atoms. The van der Waals surface area contributed by atoms with Crippen molar-refractivity contribution in [1.29, 1.82) is 0 Å². The third-order valence-corrected chi connectivity index (χ3v) is 4.17. The summed E-state index contributed by atoms with van der Waals surface area (Å²) in [5, 5.41) is 20.3. The van der Waals surface area contributed by atoms with Crippen molar-refractivity contribution in [2.45, 2.75) is 12.6 Å². The lowest BCUT2D eigenvalue weighted by Crippen LogP contribution is -2.05. The first kappa shape index (κ1) is 15.4. The van der Waals surface area contributed by atoms with Crippen LogP contribution in [-0.2, 0) is 0 Å². The zero-order chi connectivity index (χ0) is 17.6. The van der Waals surface area contributed by atoms with Crippen molar-refractivity contribution < 1.29 is 19.0 Å². The molecule has 0 saturated carbocycles. The van der Waals surface area contributed by atoms with E-state index in [0.717, 1.165) is 6.07 Å². The van der Waals surface area contributed by atoms with E-state index in [4.69, 9.17) is 0 Å². The summed E-state index contributed by atoms with van der Waals surface area (Å²) in [6, 6.07) is 8.99. The van der Waals surface area contributed by atoms with Gasteiger partial charge in [0.15, 0.2) is 0 Å². The number of alkyl halides is 1. The Morgan fingerprint density at radius 2 is 2.00 bits per heavy atom. The lowest BCUT2D eigenvalue weighted by Gasteiger charge is -2.12. The Morgan fingerprint density at radius 3 is 2.80 bits per heavy atom. The topological polar surface area (TPSA) is 57.8 Å². The maximum Gasteiger partial charge on any atom is 0.149 e. The summed E-state index contributed by atoms with van der Waals surface area (Å²) in [5.74, 6) is -0.362. The third-order valence-electron chi connectivity index (χ3n) is 4.17. The largest absolute Gasteiger partial charge is 0.511 e. The van der Waals surface area contributed by atoms with Crippen LogP contribution in [0.3, 0.4) is 0 Å². The van der Waals surface area contributed by atoms with E-state index >= 15 is 0 Å². The van der Waals surface area contributed by atoms with E-state index in [0.29, 0.717) is 22.6 Å². The summed E-state index contributed by atoms with van der Waals surface area (Å²) in [6.07, 6.45) is 3.24. The van der Waals surface area contributed by atoms with Gasteiger partial charge in [0.05, 0.1) is 11.1 Å². The molecule has 1 atom stereocenters. The summed E-state index contributed by atoms with van der Waals surface area (Å²) >= 11 is 0. The van der Waals surface area contributed by atoms with Gasteiger partial charge in [-0.25, -0.2) is 13.8 Å². The molecule has 6 heteroatoms. The summed E-state index contributed by atoms with van der Waals surface area (Å²) < 4.78 is 28.8. The average molecular weight is 340 g/mol. The van der Waals surface area contributed by atoms with Crippen LogP contribution in [0, 0.1) is 5.82 Å². The number of hydrogen-bond donors (Lipinski definition) is 2. The predicted molar refractivity (Wildman–Crippen MR) is 90.5 cm³/mol. The molecular weight excluding hydrogens is 326 g/mol. The van der Waals surface area contributed by atoms with Gasteiger partial charge in [-0.05, 0) is 36.4 Å². The van der Waals surface area contributed by atoms with Gasteiger partial charge < -0.3 is 10.2 Å². The molecule has 1 aliphatic carbocycles. The molecule has 0 aliphatic heterocycles. The number of aromatic nitrogens is 2. The molecule has 1 unspecified atom stereocenters. The highest BCUT2D eigenvalue weighted by Crippen LogP contribution is 2.35. The monoisotopic (exact) mass is 340 g/mol. The molecule has 0 bridgehead atoms. The maximum atomic E-state index is 13.6. The smallest absolute Gasteiger partial charge is 0.149 e. The van der Waals surface area contributed by atoms with E-state index in [1.807, 2.05) is 0 Å². The molecule has 0 fully saturated rings. The normalized spacial score (nSPS) is 17.4. The summed E-state index contributed by atoms with van der Waals surface area (Å²) in [6.45, 7) is 0. The number of phenols is 1. The van der Waals surface area contributed by atoms with Gasteiger partial charge in [0.2, 0.25) is 0 Å². The van der Waals surface area contributed by atoms with E-state index in [-0.39, 0.29) is 23.5 Å². The number of halogens is 2. The number of hydrogen-bond acceptors (Lipinski definition) is 3. The van der Waals surface area contributed by atoms with Crippen molar-refractivity contribution in [3.63, 3.8) is 0 Å². The molecule has 2 N–H and O–H groups in total. The Balaban J connectivity index is 1.99. The van der Waals surface area contributed by atoms with Crippen molar-refractivity contribution in [2.75, 3.05) is 0 Å². The van der Waals surface area contributed by atoms with Crippen LogP contribution in [0.25, 0.3) is 22.5 Å². The van der Waals surface area contributed by atoms with Crippen LogP contribution in [0.4, 0.5) is 8.78 Å². The van der Waals surface area contributed by atoms with Gasteiger partial charge in [-0.1, -0.05) is 12.1 Å². The van der Waals surface area contributed by atoms with Gasteiger partial charge in [0.1, 0.15) is 35.0 Å². The van der Waals surface area contributed by atoms with Gasteiger partial charge in [-0.2, -0.15) is 0 Å². The van der Waals surface area contributed by atoms with Crippen molar-refractivity contribution >= 4 is 11.1 Å². The molecule has 4 rings (SSSR count). The van der Waals surface area contributed by atoms with Gasteiger partial charge in [0, 0.05) is 18.2 Å². The molecule has 1 aromatic carbocycles. The quantitative estimate of drug-likeness (QED) is 0.726. The van der Waals surface area contributed by atoms with Crippen LogP contribution in [0.15, 0.2) is 60.5 Å². The summed E-state index contributed by atoms with van der Waals surface area (Å²) in [7, 11) is 0. The average Bonchev–Trinajstić information content (AvgIpc) is 2.96. The van der Waals surface area contributed by atoms with Crippen LogP contribution in [0.1, 0.15) is 12.1 Å². The molecule has 0 radical (unpaired) electrons. The van der Waals surface area contributed by atoms with E-state index in [9.17, 15) is 19.0 Å². The number of fused-ring (bicyclic) bond motifs is 1. The van der Waals surface area contributed by atoms with Gasteiger partial charge >= 0.3 is 0 Å². The molecule has 3 aromatic rings. The minimum Gasteiger partial charge on any atom is -0.511 e. The lowest BCUT2D eigenvalue weighted by molar-refractivity contribution is 0.318. The minimum absolute atomic E-state index is 0.0890. The number of aliphatic hydroxyl groups excluding tert-OH is 1. The van der Waals surface area contributed by atoms with Crippen molar-refractivity contribution in [3.05, 3.63) is 72.0 Å². The Hall–Kier alpha value is -3.15. The fraction of sp³-hybridized carbons (Fsp3) is 0.105. The van der Waals surface area contributed by atoms with E-state index in [1.54, 1.807) is 28.8 Å². The molecule has 2 heterocycles. The standard InChI is InChI=1S/C19H14F2N2O2/c20-11-5-7-16(24)14(9-11)19-22-18(15-3-1-2-8-23(15)19)13-6-4-12(21)10-17(13)25/h1-9,12,24-25H,10H2. The van der Waals surface area contributed by atoms with Gasteiger partial charge in [0.25, 0.3) is 0 Å². The number of phenolic OH excluding ortho intramolecular Hbond substituents is 1. The van der Waals surface area contributed by atoms with Crippen LogP contribution < -0.4 is 0 Å². The molecule has 0 saturated heterocycles. The lowest BCUT2D eigenvalue weighted by atomic mass is 10.0. The number of rotatable bonds is 2. The molecule has 25 heavy (non-hydrogen) atoms. The first-order valence-corrected chi connectivity index (χ1v) is 7.75. The Morgan fingerprint density at radius 1 is 1.16 bits per heavy atom. The van der Waals surface area contributed by atoms with Crippen LogP contribution in [0.5, 0.6) is 5.75 Å². The zero-order valence-corrected chi connectivity index (χ0v) is 13.0. The fourth-order valence-electron chi connectivity index (χ4n) is 2.99. The highest BCUT2D eigenvalue weighted by atomic mass is 19.1. The zero-order valence-electron chi connectivity index (χ0n) is 13.0. The van der Waals surface area contributed by atoms with Crippen LogP contribution in [0.2, 0.25) is 0 Å². The molecule has 0 amide bonds. The Kier molecular flexibility index (Phi) is 3.53. The van der Waals surface area contributed by atoms with Crippen molar-refractivity contribution in [1.82, 2.24) is 9.38 Å². The van der Waals surface area contributed by atoms with Crippen molar-refractivity contribution in [2.24, 2.45) is 0 Å². The molecule has 1 aliphatic rings. The second-order valence-corrected chi connectivity index (χ2v) is 5.84. The molecular formula is C19H14F2N2O2. The van der Waals surface area contributed by atoms with E-state index in [1.165, 1.54) is 24.3 Å².